The number of rotatable bonds is 6. The number of aryl methyl sites for hydroxylation is 2. The zero-order valence-electron chi connectivity index (χ0n) is 16.1. The van der Waals surface area contributed by atoms with E-state index in [4.69, 9.17) is 0 Å². The fourth-order valence-electron chi connectivity index (χ4n) is 3.52. The topological polar surface area (TPSA) is 62.2 Å². The van der Waals surface area contributed by atoms with Crippen LogP contribution < -0.4 is 10.9 Å². The molecule has 1 amide bonds. The average molecular weight is 355 g/mol. The van der Waals surface area contributed by atoms with Crippen molar-refractivity contribution in [1.82, 2.24) is 25.5 Å². The van der Waals surface area contributed by atoms with Crippen molar-refractivity contribution in [2.75, 3.05) is 7.05 Å². The van der Waals surface area contributed by atoms with Gasteiger partial charge in [-0.1, -0.05) is 37.3 Å². The van der Waals surface area contributed by atoms with Crippen LogP contribution in [-0.4, -0.2) is 39.7 Å². The molecule has 1 saturated heterocycles. The van der Waals surface area contributed by atoms with E-state index < -0.39 is 0 Å². The minimum Gasteiger partial charge on any atom is -0.337 e. The van der Waals surface area contributed by atoms with E-state index in [1.165, 1.54) is 5.56 Å². The van der Waals surface area contributed by atoms with E-state index in [0.29, 0.717) is 5.56 Å². The van der Waals surface area contributed by atoms with Crippen LogP contribution in [0.15, 0.2) is 36.5 Å². The summed E-state index contributed by atoms with van der Waals surface area (Å²) in [6.45, 7) is 6.93. The van der Waals surface area contributed by atoms with Crippen molar-refractivity contribution in [3.05, 3.63) is 53.3 Å². The first-order valence-electron chi connectivity index (χ1n) is 9.38. The number of hydrogen-bond acceptors (Lipinski definition) is 4. The van der Waals surface area contributed by atoms with Crippen LogP contribution >= 0.6 is 0 Å². The molecule has 2 heterocycles. The standard InChI is InChI=1S/C20H29N5O/c1-5-11-25-13-17(14(2)23-25)20(26)24(4)15(3)18-12-19(22-21-18)16-9-7-6-8-10-16/h6-10,13,15,18-19,21-22H,5,11-12H2,1-4H3. The van der Waals surface area contributed by atoms with Gasteiger partial charge in [-0.15, -0.1) is 0 Å². The van der Waals surface area contributed by atoms with Crippen molar-refractivity contribution in [3.63, 3.8) is 0 Å². The molecule has 0 saturated carbocycles. The predicted octanol–water partition coefficient (Wildman–Crippen LogP) is 2.67. The van der Waals surface area contributed by atoms with Gasteiger partial charge in [-0.05, 0) is 32.3 Å². The maximum atomic E-state index is 13.0. The summed E-state index contributed by atoms with van der Waals surface area (Å²) in [4.78, 5) is 14.8. The summed E-state index contributed by atoms with van der Waals surface area (Å²) >= 11 is 0. The number of carbonyl (C=O) groups excluding carboxylic acids is 1. The molecule has 0 aliphatic carbocycles. The monoisotopic (exact) mass is 355 g/mol. The predicted molar refractivity (Wildman–Crippen MR) is 103 cm³/mol. The highest BCUT2D eigenvalue weighted by atomic mass is 16.2. The Hall–Kier alpha value is -2.18. The Labute approximate surface area is 155 Å². The van der Waals surface area contributed by atoms with E-state index in [-0.39, 0.29) is 24.0 Å². The van der Waals surface area contributed by atoms with Gasteiger partial charge < -0.3 is 4.90 Å². The van der Waals surface area contributed by atoms with Crippen LogP contribution in [0, 0.1) is 6.92 Å². The van der Waals surface area contributed by atoms with Crippen molar-refractivity contribution < 1.29 is 4.79 Å². The highest BCUT2D eigenvalue weighted by Gasteiger charge is 2.33. The van der Waals surface area contributed by atoms with Crippen molar-refractivity contribution in [2.45, 2.75) is 58.3 Å². The maximum Gasteiger partial charge on any atom is 0.257 e. The molecule has 3 rings (SSSR count). The second kappa shape index (κ2) is 8.01. The smallest absolute Gasteiger partial charge is 0.257 e. The van der Waals surface area contributed by atoms with Crippen LogP contribution in [0.5, 0.6) is 0 Å². The van der Waals surface area contributed by atoms with Gasteiger partial charge in [0.25, 0.3) is 5.91 Å². The lowest BCUT2D eigenvalue weighted by Gasteiger charge is -2.29. The lowest BCUT2D eigenvalue weighted by atomic mass is 9.98. The van der Waals surface area contributed by atoms with E-state index in [2.05, 4.69) is 54.1 Å². The molecular formula is C20H29N5O. The average Bonchev–Trinajstić information content (AvgIpc) is 3.28. The van der Waals surface area contributed by atoms with Gasteiger partial charge in [0.1, 0.15) is 0 Å². The van der Waals surface area contributed by atoms with E-state index in [9.17, 15) is 4.79 Å². The molecule has 1 aromatic carbocycles. The lowest BCUT2D eigenvalue weighted by molar-refractivity contribution is 0.0714. The maximum absolute atomic E-state index is 13.0. The van der Waals surface area contributed by atoms with E-state index >= 15 is 0 Å². The Kier molecular flexibility index (Phi) is 5.74. The van der Waals surface area contributed by atoms with Crippen molar-refractivity contribution in [2.24, 2.45) is 0 Å². The Morgan fingerprint density at radius 1 is 1.35 bits per heavy atom. The zero-order valence-corrected chi connectivity index (χ0v) is 16.1. The van der Waals surface area contributed by atoms with Crippen LogP contribution in [-0.2, 0) is 6.54 Å². The van der Waals surface area contributed by atoms with Gasteiger partial charge in [-0.3, -0.25) is 14.9 Å². The summed E-state index contributed by atoms with van der Waals surface area (Å²) in [5.41, 5.74) is 9.48. The van der Waals surface area contributed by atoms with E-state index in [1.807, 2.05) is 35.8 Å². The molecule has 26 heavy (non-hydrogen) atoms. The largest absolute Gasteiger partial charge is 0.337 e. The third-order valence-electron chi connectivity index (χ3n) is 5.28. The van der Waals surface area contributed by atoms with Gasteiger partial charge in [-0.25, -0.2) is 5.43 Å². The molecule has 1 fully saturated rings. The second-order valence-corrected chi connectivity index (χ2v) is 7.14. The number of amides is 1. The Balaban J connectivity index is 1.66. The summed E-state index contributed by atoms with van der Waals surface area (Å²) < 4.78 is 1.86. The number of aromatic nitrogens is 2. The molecule has 140 valence electrons. The van der Waals surface area contributed by atoms with E-state index in [0.717, 1.165) is 25.1 Å². The third-order valence-corrected chi connectivity index (χ3v) is 5.28. The first kappa shape index (κ1) is 18.6. The third kappa shape index (κ3) is 3.81. The van der Waals surface area contributed by atoms with Crippen molar-refractivity contribution >= 4 is 5.91 Å². The molecule has 0 spiro atoms. The molecule has 6 heteroatoms. The summed E-state index contributed by atoms with van der Waals surface area (Å²) in [5.74, 6) is 0.0299. The van der Waals surface area contributed by atoms with Gasteiger partial charge in [0.2, 0.25) is 0 Å². The minimum atomic E-state index is 0.0299. The summed E-state index contributed by atoms with van der Waals surface area (Å²) in [7, 11) is 1.88. The molecule has 2 N–H and O–H groups in total. The minimum absolute atomic E-state index is 0.0299. The molecule has 3 unspecified atom stereocenters. The van der Waals surface area contributed by atoms with Gasteiger partial charge >= 0.3 is 0 Å². The van der Waals surface area contributed by atoms with Crippen molar-refractivity contribution in [1.29, 1.82) is 0 Å². The molecule has 6 nitrogen and oxygen atoms in total. The first-order chi connectivity index (χ1) is 12.5. The number of likely N-dealkylation sites (N-methyl/N-ethyl adjacent to an activating group) is 1. The second-order valence-electron chi connectivity index (χ2n) is 7.14. The highest BCUT2D eigenvalue weighted by molar-refractivity contribution is 5.95. The molecular weight excluding hydrogens is 326 g/mol. The quantitative estimate of drug-likeness (QED) is 0.836. The Morgan fingerprint density at radius 2 is 2.08 bits per heavy atom. The summed E-state index contributed by atoms with van der Waals surface area (Å²) in [6.07, 6.45) is 3.81. The molecule has 0 bridgehead atoms. The highest BCUT2D eigenvalue weighted by Crippen LogP contribution is 2.25. The number of hydrazine groups is 1. The van der Waals surface area contributed by atoms with Gasteiger partial charge in [0.05, 0.1) is 11.3 Å². The number of hydrogen-bond donors (Lipinski definition) is 2. The van der Waals surface area contributed by atoms with Gasteiger partial charge in [0, 0.05) is 37.9 Å². The number of nitrogens with zero attached hydrogens (tertiary/aromatic N) is 3. The fourth-order valence-corrected chi connectivity index (χ4v) is 3.52. The summed E-state index contributed by atoms with van der Waals surface area (Å²) in [5, 5.41) is 4.45. The molecule has 2 aromatic rings. The molecule has 0 radical (unpaired) electrons. The Bertz CT molecular complexity index is 742. The van der Waals surface area contributed by atoms with Crippen LogP contribution in [0.25, 0.3) is 0 Å². The number of benzene rings is 1. The number of carbonyl (C=O) groups is 1. The zero-order chi connectivity index (χ0) is 18.7. The fraction of sp³-hybridized carbons (Fsp3) is 0.500. The first-order valence-corrected chi connectivity index (χ1v) is 9.38. The van der Waals surface area contributed by atoms with Crippen LogP contribution in [0.4, 0.5) is 0 Å². The molecule has 1 aliphatic rings. The van der Waals surface area contributed by atoms with Gasteiger partial charge in [-0.2, -0.15) is 5.10 Å². The summed E-state index contributed by atoms with van der Waals surface area (Å²) in [6, 6.07) is 10.9. The number of nitrogens with one attached hydrogen (secondary N) is 2. The molecule has 3 atom stereocenters. The van der Waals surface area contributed by atoms with Gasteiger partial charge in [0.15, 0.2) is 0 Å². The molecule has 1 aromatic heterocycles. The molecule has 1 aliphatic heterocycles. The van der Waals surface area contributed by atoms with Crippen LogP contribution in [0.3, 0.4) is 0 Å². The lowest BCUT2D eigenvalue weighted by Crippen LogP contribution is -2.48. The van der Waals surface area contributed by atoms with Crippen molar-refractivity contribution in [3.8, 4) is 0 Å². The Morgan fingerprint density at radius 3 is 2.77 bits per heavy atom. The van der Waals surface area contributed by atoms with Crippen LogP contribution in [0.1, 0.15) is 54.3 Å². The SMILES string of the molecule is CCCn1cc(C(=O)N(C)C(C)C2CC(c3ccccc3)NN2)c(C)n1. The normalized spacial score (nSPS) is 20.9. The van der Waals surface area contributed by atoms with E-state index in [1.54, 1.807) is 0 Å². The van der Waals surface area contributed by atoms with Crippen LogP contribution in [0.2, 0.25) is 0 Å².